The number of aromatic hydroxyl groups is 1. The molecule has 1 aromatic rings. The van der Waals surface area contributed by atoms with Crippen molar-refractivity contribution < 1.29 is 19.4 Å². The Kier molecular flexibility index (Phi) is 6.02. The summed E-state index contributed by atoms with van der Waals surface area (Å²) in [5, 5.41) is 12.6. The van der Waals surface area contributed by atoms with Crippen molar-refractivity contribution >= 4 is 11.8 Å². The molecule has 21 heavy (non-hydrogen) atoms. The molecule has 0 heterocycles. The van der Waals surface area contributed by atoms with Crippen molar-refractivity contribution in [2.24, 2.45) is 0 Å². The fourth-order valence-electron chi connectivity index (χ4n) is 1.86. The number of nitrogens with one attached hydrogen (secondary N) is 1. The molecule has 6 heteroatoms. The molecule has 0 aliphatic rings. The van der Waals surface area contributed by atoms with Gasteiger partial charge in [0.05, 0.1) is 19.2 Å². The predicted molar refractivity (Wildman–Crippen MR) is 79.5 cm³/mol. The van der Waals surface area contributed by atoms with Crippen molar-refractivity contribution in [3.63, 3.8) is 0 Å². The van der Waals surface area contributed by atoms with Crippen LogP contribution in [0.2, 0.25) is 0 Å². The predicted octanol–water partition coefficient (Wildman–Crippen LogP) is 1.39. The molecule has 2 N–H and O–H groups in total. The number of methoxy groups -OCH3 is 1. The first-order chi connectivity index (χ1) is 9.88. The van der Waals surface area contributed by atoms with E-state index in [0.717, 1.165) is 0 Å². The first kappa shape index (κ1) is 16.8. The summed E-state index contributed by atoms with van der Waals surface area (Å²) in [4.78, 5) is 25.5. The molecule has 0 aromatic heterocycles. The maximum absolute atomic E-state index is 12.4. The normalized spacial score (nSPS) is 10.3. The summed E-state index contributed by atoms with van der Waals surface area (Å²) in [7, 11) is 1.48. The number of likely N-dealkylation sites (N-methyl/N-ethyl adjacent to an activating group) is 1. The number of phenols is 1. The van der Waals surface area contributed by atoms with E-state index in [1.165, 1.54) is 24.1 Å². The first-order valence-electron chi connectivity index (χ1n) is 6.84. The number of phenolic OH excluding ortho intramolecular Hbond substituents is 1. The number of benzene rings is 1. The van der Waals surface area contributed by atoms with Crippen molar-refractivity contribution in [2.45, 2.75) is 26.8 Å². The van der Waals surface area contributed by atoms with Gasteiger partial charge in [0, 0.05) is 18.7 Å². The minimum absolute atomic E-state index is 0.0145. The van der Waals surface area contributed by atoms with Crippen LogP contribution in [0.4, 0.5) is 0 Å². The van der Waals surface area contributed by atoms with E-state index in [0.29, 0.717) is 12.3 Å². The van der Waals surface area contributed by atoms with Crippen LogP contribution in [0.25, 0.3) is 0 Å². The van der Waals surface area contributed by atoms with Crippen molar-refractivity contribution in [1.82, 2.24) is 10.2 Å². The average Bonchev–Trinajstić information content (AvgIpc) is 2.43. The summed E-state index contributed by atoms with van der Waals surface area (Å²) < 4.78 is 4.98. The minimum atomic E-state index is -0.392. The van der Waals surface area contributed by atoms with Gasteiger partial charge in [0.15, 0.2) is 0 Å². The third kappa shape index (κ3) is 4.66. The van der Waals surface area contributed by atoms with Gasteiger partial charge < -0.3 is 20.1 Å². The van der Waals surface area contributed by atoms with Crippen LogP contribution in [-0.2, 0) is 4.79 Å². The third-order valence-corrected chi connectivity index (χ3v) is 2.89. The molecule has 0 spiro atoms. The Morgan fingerprint density at radius 1 is 1.38 bits per heavy atom. The summed E-state index contributed by atoms with van der Waals surface area (Å²) in [5.74, 6) is -0.323. The monoisotopic (exact) mass is 294 g/mol. The van der Waals surface area contributed by atoms with E-state index < -0.39 is 5.91 Å². The highest BCUT2D eigenvalue weighted by Crippen LogP contribution is 2.24. The molecule has 0 saturated heterocycles. The van der Waals surface area contributed by atoms with Gasteiger partial charge in [-0.05, 0) is 32.9 Å². The van der Waals surface area contributed by atoms with Crippen molar-refractivity contribution in [2.75, 3.05) is 20.2 Å². The quantitative estimate of drug-likeness (QED) is 0.831. The minimum Gasteiger partial charge on any atom is -0.507 e. The van der Waals surface area contributed by atoms with Crippen LogP contribution in [0.1, 0.15) is 31.1 Å². The Labute approximate surface area is 124 Å². The lowest BCUT2D eigenvalue weighted by atomic mass is 10.1. The molecule has 2 amide bonds. The Morgan fingerprint density at radius 2 is 2.05 bits per heavy atom. The third-order valence-electron chi connectivity index (χ3n) is 2.89. The van der Waals surface area contributed by atoms with E-state index in [1.807, 2.05) is 13.8 Å². The second-order valence-electron chi connectivity index (χ2n) is 4.92. The number of rotatable bonds is 6. The topological polar surface area (TPSA) is 78.9 Å². The van der Waals surface area contributed by atoms with Crippen molar-refractivity contribution in [1.29, 1.82) is 0 Å². The number of hydrogen-bond acceptors (Lipinski definition) is 4. The number of nitrogens with zero attached hydrogens (tertiary/aromatic N) is 1. The van der Waals surface area contributed by atoms with E-state index in [9.17, 15) is 14.7 Å². The molecule has 0 atom stereocenters. The summed E-state index contributed by atoms with van der Waals surface area (Å²) in [5.41, 5.74) is 0.148. The highest BCUT2D eigenvalue weighted by molar-refractivity contribution is 5.98. The van der Waals surface area contributed by atoms with Crippen LogP contribution in [-0.4, -0.2) is 48.1 Å². The van der Waals surface area contributed by atoms with Gasteiger partial charge in [-0.15, -0.1) is 0 Å². The number of ether oxygens (including phenoxy) is 1. The van der Waals surface area contributed by atoms with E-state index in [1.54, 1.807) is 13.0 Å². The van der Waals surface area contributed by atoms with E-state index in [4.69, 9.17) is 4.74 Å². The van der Waals surface area contributed by atoms with Gasteiger partial charge in [0.25, 0.3) is 5.91 Å². The van der Waals surface area contributed by atoms with E-state index in [2.05, 4.69) is 5.32 Å². The fourth-order valence-corrected chi connectivity index (χ4v) is 1.86. The summed E-state index contributed by atoms with van der Waals surface area (Å²) in [6.45, 7) is 5.81. The van der Waals surface area contributed by atoms with Gasteiger partial charge in [-0.25, -0.2) is 0 Å². The number of amides is 2. The highest BCUT2D eigenvalue weighted by Gasteiger charge is 2.20. The maximum atomic E-state index is 12.4. The lowest BCUT2D eigenvalue weighted by molar-refractivity contribution is -0.122. The second kappa shape index (κ2) is 7.52. The standard InChI is InChI=1S/C15H22N2O4/c1-5-17(9-14(19)16-10(2)3)15(20)12-7-6-11(21-4)8-13(12)18/h6-8,10,18H,5,9H2,1-4H3,(H,16,19). The molecular formula is C15H22N2O4. The fraction of sp³-hybridized carbons (Fsp3) is 0.467. The van der Waals surface area contributed by atoms with Crippen molar-refractivity contribution in [3.05, 3.63) is 23.8 Å². The van der Waals surface area contributed by atoms with Crippen LogP contribution in [0.15, 0.2) is 18.2 Å². The summed E-state index contributed by atoms with van der Waals surface area (Å²) >= 11 is 0. The maximum Gasteiger partial charge on any atom is 0.258 e. The van der Waals surface area contributed by atoms with Crippen LogP contribution in [0.3, 0.4) is 0 Å². The highest BCUT2D eigenvalue weighted by atomic mass is 16.5. The molecule has 6 nitrogen and oxygen atoms in total. The lowest BCUT2D eigenvalue weighted by Crippen LogP contribution is -2.42. The SMILES string of the molecule is CCN(CC(=O)NC(C)C)C(=O)c1ccc(OC)cc1O. The largest absolute Gasteiger partial charge is 0.507 e. The average molecular weight is 294 g/mol. The van der Waals surface area contributed by atoms with Crippen LogP contribution in [0.5, 0.6) is 11.5 Å². The van der Waals surface area contributed by atoms with Gasteiger partial charge in [-0.2, -0.15) is 0 Å². The molecule has 0 aliphatic carbocycles. The molecule has 0 unspecified atom stereocenters. The van der Waals surface area contributed by atoms with Crippen LogP contribution >= 0.6 is 0 Å². The van der Waals surface area contributed by atoms with Crippen LogP contribution < -0.4 is 10.1 Å². The molecule has 0 bridgehead atoms. The number of hydrogen-bond donors (Lipinski definition) is 2. The molecule has 0 aliphatic heterocycles. The van der Waals surface area contributed by atoms with Gasteiger partial charge in [0.2, 0.25) is 5.91 Å². The second-order valence-corrected chi connectivity index (χ2v) is 4.92. The first-order valence-corrected chi connectivity index (χ1v) is 6.84. The Hall–Kier alpha value is -2.24. The summed E-state index contributed by atoms with van der Waals surface area (Å²) in [6.07, 6.45) is 0. The Morgan fingerprint density at radius 3 is 2.52 bits per heavy atom. The lowest BCUT2D eigenvalue weighted by Gasteiger charge is -2.21. The van der Waals surface area contributed by atoms with Gasteiger partial charge >= 0.3 is 0 Å². The van der Waals surface area contributed by atoms with E-state index in [-0.39, 0.29) is 29.8 Å². The molecular weight excluding hydrogens is 272 g/mol. The smallest absolute Gasteiger partial charge is 0.258 e. The van der Waals surface area contributed by atoms with Gasteiger partial charge in [-0.3, -0.25) is 9.59 Å². The summed E-state index contributed by atoms with van der Waals surface area (Å²) in [6, 6.07) is 4.46. The molecule has 0 radical (unpaired) electrons. The van der Waals surface area contributed by atoms with Gasteiger partial charge in [0.1, 0.15) is 11.5 Å². The Balaban J connectivity index is 2.86. The molecule has 116 valence electrons. The zero-order valence-corrected chi connectivity index (χ0v) is 12.8. The zero-order valence-electron chi connectivity index (χ0n) is 12.8. The Bertz CT molecular complexity index is 514. The molecule has 1 rings (SSSR count). The number of carbonyl (C=O) groups is 2. The van der Waals surface area contributed by atoms with Crippen molar-refractivity contribution in [3.8, 4) is 11.5 Å². The zero-order chi connectivity index (χ0) is 16.0. The molecule has 1 aromatic carbocycles. The molecule has 0 fully saturated rings. The van der Waals surface area contributed by atoms with Crippen LogP contribution in [0, 0.1) is 0 Å². The molecule has 0 saturated carbocycles. The van der Waals surface area contributed by atoms with E-state index >= 15 is 0 Å². The van der Waals surface area contributed by atoms with Gasteiger partial charge in [-0.1, -0.05) is 0 Å². The number of carbonyl (C=O) groups excluding carboxylic acids is 2.